The smallest absolute Gasteiger partial charge is 0.0841 e. The van der Waals surface area contributed by atoms with E-state index in [-0.39, 0.29) is 0 Å². The van der Waals surface area contributed by atoms with Gasteiger partial charge in [0.25, 0.3) is 0 Å². The highest BCUT2D eigenvalue weighted by molar-refractivity contribution is 9.09. The molecule has 4 atom stereocenters. The molecule has 2 aliphatic heterocycles. The molecule has 2 heterocycles. The van der Waals surface area contributed by atoms with Crippen molar-refractivity contribution in [2.24, 2.45) is 0 Å². The summed E-state index contributed by atoms with van der Waals surface area (Å²) in [5.74, 6) is 0. The largest absolute Gasteiger partial charge is 0.379 e. The second-order valence-electron chi connectivity index (χ2n) is 3.66. The van der Waals surface area contributed by atoms with E-state index in [9.17, 15) is 0 Å². The predicted molar refractivity (Wildman–Crippen MR) is 50.6 cm³/mol. The van der Waals surface area contributed by atoms with E-state index in [4.69, 9.17) is 9.47 Å². The van der Waals surface area contributed by atoms with Crippen molar-refractivity contribution < 1.29 is 9.47 Å². The Bertz CT molecular complexity index is 161. The van der Waals surface area contributed by atoms with E-state index in [0.717, 1.165) is 19.3 Å². The number of rotatable bonds is 1. The Morgan fingerprint density at radius 3 is 2.67 bits per heavy atom. The van der Waals surface area contributed by atoms with Gasteiger partial charge in [0.15, 0.2) is 0 Å². The molecule has 0 aliphatic carbocycles. The fourth-order valence-corrected chi connectivity index (χ4v) is 2.85. The normalized spacial score (nSPS) is 47.5. The minimum atomic E-state index is 0.348. The van der Waals surface area contributed by atoms with Crippen LogP contribution in [0, 0.1) is 0 Å². The van der Waals surface area contributed by atoms with E-state index < -0.39 is 0 Å². The highest BCUT2D eigenvalue weighted by Gasteiger charge is 2.38. The zero-order valence-corrected chi connectivity index (χ0v) is 8.92. The Morgan fingerprint density at radius 1 is 1.17 bits per heavy atom. The number of fused-ring (bicyclic) bond motifs is 2. The summed E-state index contributed by atoms with van der Waals surface area (Å²) in [6, 6.07) is 0. The van der Waals surface area contributed by atoms with Crippen molar-refractivity contribution in [3.63, 3.8) is 0 Å². The Morgan fingerprint density at radius 2 is 1.92 bits per heavy atom. The second-order valence-corrected chi connectivity index (χ2v) is 4.83. The van der Waals surface area contributed by atoms with Gasteiger partial charge >= 0.3 is 0 Å². The minimum absolute atomic E-state index is 0.348. The summed E-state index contributed by atoms with van der Waals surface area (Å²) in [4.78, 5) is 0.576. The summed E-state index contributed by atoms with van der Waals surface area (Å²) >= 11 is 3.65. The number of halogens is 1. The summed E-state index contributed by atoms with van der Waals surface area (Å²) in [6.45, 7) is 0. The van der Waals surface area contributed by atoms with Crippen LogP contribution in [0.2, 0.25) is 0 Å². The molecule has 0 N–H and O–H groups in total. The highest BCUT2D eigenvalue weighted by Crippen LogP contribution is 2.35. The Labute approximate surface area is 81.7 Å². The van der Waals surface area contributed by atoms with E-state index in [0.29, 0.717) is 23.1 Å². The number of ether oxygens (including phenoxy) is 2. The molecule has 2 nitrogen and oxygen atoms in total. The van der Waals surface area contributed by atoms with Gasteiger partial charge in [-0.1, -0.05) is 15.9 Å². The molecule has 2 rings (SSSR count). The van der Waals surface area contributed by atoms with Gasteiger partial charge < -0.3 is 9.47 Å². The number of hydrogen-bond donors (Lipinski definition) is 0. The van der Waals surface area contributed by atoms with Crippen LogP contribution in [0.5, 0.6) is 0 Å². The van der Waals surface area contributed by atoms with Gasteiger partial charge in [-0.05, 0) is 25.7 Å². The summed E-state index contributed by atoms with van der Waals surface area (Å²) in [5, 5.41) is 0. The Balaban J connectivity index is 1.99. The van der Waals surface area contributed by atoms with E-state index in [1.165, 1.54) is 6.42 Å². The van der Waals surface area contributed by atoms with Crippen molar-refractivity contribution in [2.45, 2.75) is 48.8 Å². The van der Waals surface area contributed by atoms with Crippen molar-refractivity contribution in [1.82, 2.24) is 0 Å². The number of methoxy groups -OCH3 is 1. The lowest BCUT2D eigenvalue weighted by Gasteiger charge is -2.42. The lowest BCUT2D eigenvalue weighted by molar-refractivity contribution is -0.148. The van der Waals surface area contributed by atoms with Crippen LogP contribution in [0.1, 0.15) is 25.7 Å². The predicted octanol–water partition coefficient (Wildman–Crippen LogP) is 2.11. The molecule has 2 saturated heterocycles. The molecular weight excluding hydrogens is 220 g/mol. The first kappa shape index (κ1) is 8.97. The van der Waals surface area contributed by atoms with E-state index in [1.807, 2.05) is 0 Å². The number of hydrogen-bond acceptors (Lipinski definition) is 2. The topological polar surface area (TPSA) is 18.5 Å². The third kappa shape index (κ3) is 1.54. The van der Waals surface area contributed by atoms with Crippen molar-refractivity contribution in [1.29, 1.82) is 0 Å². The fourth-order valence-electron chi connectivity index (χ4n) is 2.19. The zero-order valence-electron chi connectivity index (χ0n) is 7.33. The first-order valence-electron chi connectivity index (χ1n) is 4.63. The SMILES string of the molecule is CO[C@@H]1CC[C@H]2O[C@@H]1CC[C@H]2Br. The molecule has 0 aromatic carbocycles. The van der Waals surface area contributed by atoms with Crippen molar-refractivity contribution in [2.75, 3.05) is 7.11 Å². The molecule has 0 amide bonds. The third-order valence-corrected chi connectivity index (χ3v) is 3.98. The lowest BCUT2D eigenvalue weighted by Crippen LogP contribution is -2.47. The van der Waals surface area contributed by atoms with Crippen LogP contribution < -0.4 is 0 Å². The van der Waals surface area contributed by atoms with Gasteiger partial charge in [-0.2, -0.15) is 0 Å². The van der Waals surface area contributed by atoms with Gasteiger partial charge in [0.05, 0.1) is 18.3 Å². The Kier molecular flexibility index (Phi) is 2.72. The zero-order chi connectivity index (χ0) is 8.55. The first-order chi connectivity index (χ1) is 5.81. The minimum Gasteiger partial charge on any atom is -0.379 e. The fraction of sp³-hybridized carbons (Fsp3) is 1.00. The molecule has 3 heteroatoms. The van der Waals surface area contributed by atoms with Crippen molar-refractivity contribution >= 4 is 15.9 Å². The average molecular weight is 235 g/mol. The molecule has 0 spiro atoms. The van der Waals surface area contributed by atoms with Crippen LogP contribution in [0.3, 0.4) is 0 Å². The van der Waals surface area contributed by atoms with Gasteiger partial charge in [0.2, 0.25) is 0 Å². The summed E-state index contributed by atoms with van der Waals surface area (Å²) in [5.41, 5.74) is 0. The van der Waals surface area contributed by atoms with Crippen molar-refractivity contribution in [3.05, 3.63) is 0 Å². The van der Waals surface area contributed by atoms with Gasteiger partial charge in [-0.3, -0.25) is 0 Å². The summed E-state index contributed by atoms with van der Waals surface area (Å²) < 4.78 is 11.2. The second kappa shape index (κ2) is 3.64. The van der Waals surface area contributed by atoms with Crippen LogP contribution in [0.4, 0.5) is 0 Å². The van der Waals surface area contributed by atoms with Gasteiger partial charge in [-0.25, -0.2) is 0 Å². The standard InChI is InChI=1S/C9H15BrO2/c1-11-8-5-4-7-6(10)2-3-9(8)12-7/h6-9H,2-5H2,1H3/t6-,7-,8-,9-/m1/s1. The van der Waals surface area contributed by atoms with Gasteiger partial charge in [0.1, 0.15) is 0 Å². The maximum Gasteiger partial charge on any atom is 0.0841 e. The molecule has 0 radical (unpaired) electrons. The van der Waals surface area contributed by atoms with Crippen LogP contribution in [-0.4, -0.2) is 30.2 Å². The number of alkyl halides is 1. The monoisotopic (exact) mass is 234 g/mol. The molecule has 12 heavy (non-hydrogen) atoms. The molecule has 2 aliphatic rings. The first-order valence-corrected chi connectivity index (χ1v) is 5.55. The lowest BCUT2D eigenvalue weighted by atomic mass is 9.90. The summed E-state index contributed by atoms with van der Waals surface area (Å²) in [7, 11) is 1.79. The van der Waals surface area contributed by atoms with Crippen LogP contribution >= 0.6 is 15.9 Å². The average Bonchev–Trinajstić information content (AvgIpc) is 2.12. The van der Waals surface area contributed by atoms with Crippen LogP contribution in [0.25, 0.3) is 0 Å². The maximum atomic E-state index is 5.87. The quantitative estimate of drug-likeness (QED) is 0.648. The maximum absolute atomic E-state index is 5.87. The molecule has 2 bridgehead atoms. The molecule has 2 fully saturated rings. The molecule has 70 valence electrons. The van der Waals surface area contributed by atoms with E-state index in [2.05, 4.69) is 15.9 Å². The van der Waals surface area contributed by atoms with E-state index in [1.54, 1.807) is 7.11 Å². The van der Waals surface area contributed by atoms with Gasteiger partial charge in [0, 0.05) is 11.9 Å². The van der Waals surface area contributed by atoms with Crippen molar-refractivity contribution in [3.8, 4) is 0 Å². The summed E-state index contributed by atoms with van der Waals surface area (Å²) in [6.07, 6.45) is 5.83. The molecule has 0 unspecified atom stereocenters. The third-order valence-electron chi connectivity index (χ3n) is 2.93. The molecule has 0 aromatic heterocycles. The van der Waals surface area contributed by atoms with Gasteiger partial charge in [-0.15, -0.1) is 0 Å². The van der Waals surface area contributed by atoms with Crippen LogP contribution in [-0.2, 0) is 9.47 Å². The Hall–Kier alpha value is 0.400. The molecule has 0 aromatic rings. The molecular formula is C9H15BrO2. The van der Waals surface area contributed by atoms with E-state index >= 15 is 0 Å². The highest BCUT2D eigenvalue weighted by atomic mass is 79.9. The molecule has 0 saturated carbocycles. The van der Waals surface area contributed by atoms with Crippen LogP contribution in [0.15, 0.2) is 0 Å².